The molecule has 0 saturated heterocycles. The van der Waals surface area contributed by atoms with Gasteiger partial charge in [-0.15, -0.1) is 0 Å². The normalized spacial score (nSPS) is 16.8. The predicted molar refractivity (Wildman–Crippen MR) is 74.2 cm³/mol. The molecule has 2 aromatic rings. The fourth-order valence-corrected chi connectivity index (χ4v) is 2.47. The molecule has 0 radical (unpaired) electrons. The van der Waals surface area contributed by atoms with Gasteiger partial charge in [0.15, 0.2) is 0 Å². The van der Waals surface area contributed by atoms with Crippen molar-refractivity contribution in [2.24, 2.45) is 0 Å². The summed E-state index contributed by atoms with van der Waals surface area (Å²) in [5.74, 6) is 0.732. The van der Waals surface area contributed by atoms with E-state index >= 15 is 0 Å². The molecular formula is C14H15ClN2O. The average Bonchev–Trinajstić information content (AvgIpc) is 3.05. The molecule has 1 N–H and O–H groups in total. The Kier molecular flexibility index (Phi) is 2.68. The van der Waals surface area contributed by atoms with Crippen molar-refractivity contribution in [3.05, 3.63) is 35.4 Å². The van der Waals surface area contributed by atoms with E-state index < -0.39 is 5.60 Å². The third-order valence-corrected chi connectivity index (χ3v) is 3.66. The number of aromatic nitrogens is 1. The first-order valence-corrected chi connectivity index (χ1v) is 6.44. The van der Waals surface area contributed by atoms with Crippen molar-refractivity contribution in [2.45, 2.75) is 18.4 Å². The van der Waals surface area contributed by atoms with E-state index in [-0.39, 0.29) is 0 Å². The van der Waals surface area contributed by atoms with Gasteiger partial charge in [-0.1, -0.05) is 29.8 Å². The van der Waals surface area contributed by atoms with Gasteiger partial charge in [0.2, 0.25) is 0 Å². The molecule has 0 spiro atoms. The number of fused-ring (bicyclic) bond motifs is 1. The lowest BCUT2D eigenvalue weighted by Gasteiger charge is -2.22. The molecule has 0 unspecified atom stereocenters. The first-order chi connectivity index (χ1) is 8.57. The minimum absolute atomic E-state index is 0.536. The fourth-order valence-electron chi connectivity index (χ4n) is 2.17. The van der Waals surface area contributed by atoms with E-state index in [1.165, 1.54) is 0 Å². The van der Waals surface area contributed by atoms with Crippen LogP contribution < -0.4 is 4.90 Å². The molecule has 18 heavy (non-hydrogen) atoms. The fraction of sp³-hybridized carbons (Fsp3) is 0.357. The van der Waals surface area contributed by atoms with Gasteiger partial charge in [0, 0.05) is 19.0 Å². The Morgan fingerprint density at radius 2 is 2.11 bits per heavy atom. The van der Waals surface area contributed by atoms with Crippen LogP contribution in [0.5, 0.6) is 0 Å². The Balaban J connectivity index is 1.97. The van der Waals surface area contributed by atoms with E-state index in [9.17, 15) is 5.11 Å². The largest absolute Gasteiger partial charge is 0.388 e. The van der Waals surface area contributed by atoms with Crippen LogP contribution in [-0.4, -0.2) is 29.3 Å². The summed E-state index contributed by atoms with van der Waals surface area (Å²) < 4.78 is 0. The SMILES string of the molecule is CN(CC1(O)CC1)c1nc2ccccc2cc1Cl. The molecule has 0 aliphatic heterocycles. The van der Waals surface area contributed by atoms with Crippen LogP contribution in [0.3, 0.4) is 0 Å². The van der Waals surface area contributed by atoms with Crippen LogP contribution in [-0.2, 0) is 0 Å². The number of benzene rings is 1. The molecule has 1 aromatic heterocycles. The zero-order valence-corrected chi connectivity index (χ0v) is 11.0. The smallest absolute Gasteiger partial charge is 0.147 e. The Labute approximate surface area is 111 Å². The number of nitrogens with zero attached hydrogens (tertiary/aromatic N) is 2. The molecule has 1 saturated carbocycles. The van der Waals surface area contributed by atoms with Gasteiger partial charge in [-0.3, -0.25) is 0 Å². The number of aliphatic hydroxyl groups is 1. The minimum atomic E-state index is -0.536. The van der Waals surface area contributed by atoms with Crippen molar-refractivity contribution in [2.75, 3.05) is 18.5 Å². The summed E-state index contributed by atoms with van der Waals surface area (Å²) in [7, 11) is 1.92. The summed E-state index contributed by atoms with van der Waals surface area (Å²) in [6, 6.07) is 9.81. The van der Waals surface area contributed by atoms with Crippen molar-refractivity contribution in [1.29, 1.82) is 0 Å². The molecule has 1 fully saturated rings. The highest BCUT2D eigenvalue weighted by atomic mass is 35.5. The van der Waals surface area contributed by atoms with E-state index in [1.54, 1.807) is 0 Å². The summed E-state index contributed by atoms with van der Waals surface area (Å²) in [6.45, 7) is 0.581. The molecule has 0 atom stereocenters. The number of para-hydroxylation sites is 1. The molecule has 1 aliphatic rings. The zero-order valence-electron chi connectivity index (χ0n) is 10.2. The number of hydrogen-bond acceptors (Lipinski definition) is 3. The maximum Gasteiger partial charge on any atom is 0.147 e. The lowest BCUT2D eigenvalue weighted by atomic mass is 10.2. The van der Waals surface area contributed by atoms with Crippen molar-refractivity contribution in [1.82, 2.24) is 4.98 Å². The van der Waals surface area contributed by atoms with Gasteiger partial charge < -0.3 is 10.0 Å². The van der Waals surface area contributed by atoms with Gasteiger partial charge in [0.25, 0.3) is 0 Å². The molecule has 3 nitrogen and oxygen atoms in total. The van der Waals surface area contributed by atoms with Crippen LogP contribution in [0.15, 0.2) is 30.3 Å². The van der Waals surface area contributed by atoms with Crippen LogP contribution in [0.2, 0.25) is 5.02 Å². The maximum atomic E-state index is 9.95. The highest BCUT2D eigenvalue weighted by Gasteiger charge is 2.41. The van der Waals surface area contributed by atoms with Gasteiger partial charge in [-0.25, -0.2) is 4.98 Å². The lowest BCUT2D eigenvalue weighted by molar-refractivity contribution is 0.157. The Morgan fingerprint density at radius 3 is 2.83 bits per heavy atom. The van der Waals surface area contributed by atoms with Crippen LogP contribution in [0, 0.1) is 0 Å². The van der Waals surface area contributed by atoms with Gasteiger partial charge in [0.05, 0.1) is 16.1 Å². The zero-order chi connectivity index (χ0) is 12.8. The van der Waals surface area contributed by atoms with Crippen molar-refractivity contribution in [3.8, 4) is 0 Å². The van der Waals surface area contributed by atoms with Gasteiger partial charge in [0.1, 0.15) is 5.82 Å². The molecule has 0 bridgehead atoms. The van der Waals surface area contributed by atoms with Crippen molar-refractivity contribution in [3.63, 3.8) is 0 Å². The highest BCUT2D eigenvalue weighted by Crippen LogP contribution is 2.37. The Morgan fingerprint density at radius 1 is 1.39 bits per heavy atom. The number of likely N-dealkylation sites (N-methyl/N-ethyl adjacent to an activating group) is 1. The molecule has 1 aliphatic carbocycles. The molecule has 1 heterocycles. The van der Waals surface area contributed by atoms with Crippen LogP contribution >= 0.6 is 11.6 Å². The molecule has 3 rings (SSSR count). The van der Waals surface area contributed by atoms with Gasteiger partial charge in [-0.05, 0) is 25.0 Å². The van der Waals surface area contributed by atoms with E-state index in [4.69, 9.17) is 11.6 Å². The van der Waals surface area contributed by atoms with Crippen molar-refractivity contribution >= 4 is 28.3 Å². The third-order valence-electron chi connectivity index (χ3n) is 3.38. The number of anilines is 1. The van der Waals surface area contributed by atoms with Crippen molar-refractivity contribution < 1.29 is 5.11 Å². The molecule has 1 aromatic carbocycles. The van der Waals surface area contributed by atoms with Crippen LogP contribution in [0.25, 0.3) is 10.9 Å². The molecule has 0 amide bonds. The monoisotopic (exact) mass is 262 g/mol. The maximum absolute atomic E-state index is 9.95. The van der Waals surface area contributed by atoms with E-state index in [0.29, 0.717) is 11.6 Å². The number of pyridine rings is 1. The van der Waals surface area contributed by atoms with Gasteiger partial charge >= 0.3 is 0 Å². The summed E-state index contributed by atoms with van der Waals surface area (Å²) in [5.41, 5.74) is 0.386. The van der Waals surface area contributed by atoms with Gasteiger partial charge in [-0.2, -0.15) is 0 Å². The standard InChI is InChI=1S/C14H15ClN2O/c1-17(9-14(18)6-7-14)13-11(15)8-10-4-2-3-5-12(10)16-13/h2-5,8,18H,6-7,9H2,1H3. The highest BCUT2D eigenvalue weighted by molar-refractivity contribution is 6.33. The van der Waals surface area contributed by atoms with Crippen LogP contribution in [0.1, 0.15) is 12.8 Å². The van der Waals surface area contributed by atoms with E-state index in [1.807, 2.05) is 42.3 Å². The second kappa shape index (κ2) is 4.11. The summed E-state index contributed by atoms with van der Waals surface area (Å²) in [6.07, 6.45) is 1.73. The third kappa shape index (κ3) is 2.16. The topological polar surface area (TPSA) is 36.4 Å². The number of hydrogen-bond donors (Lipinski definition) is 1. The second-order valence-electron chi connectivity index (χ2n) is 5.07. The minimum Gasteiger partial charge on any atom is -0.388 e. The van der Waals surface area contributed by atoms with E-state index in [0.717, 1.165) is 29.6 Å². The Hall–Kier alpha value is -1.32. The molecule has 94 valence electrons. The number of halogens is 1. The first kappa shape index (κ1) is 11.8. The summed E-state index contributed by atoms with van der Waals surface area (Å²) >= 11 is 6.26. The predicted octanol–water partition coefficient (Wildman–Crippen LogP) is 2.85. The quantitative estimate of drug-likeness (QED) is 0.924. The average molecular weight is 263 g/mol. The summed E-state index contributed by atoms with van der Waals surface area (Å²) in [4.78, 5) is 6.50. The molecule has 4 heteroatoms. The second-order valence-corrected chi connectivity index (χ2v) is 5.47. The summed E-state index contributed by atoms with van der Waals surface area (Å²) in [5, 5.41) is 11.6. The first-order valence-electron chi connectivity index (χ1n) is 6.06. The molecular weight excluding hydrogens is 248 g/mol. The lowest BCUT2D eigenvalue weighted by Crippen LogP contribution is -2.31. The number of rotatable bonds is 3. The van der Waals surface area contributed by atoms with E-state index in [2.05, 4.69) is 4.98 Å². The Bertz CT molecular complexity index is 595. The van der Waals surface area contributed by atoms with Crippen LogP contribution in [0.4, 0.5) is 5.82 Å².